The minimum Gasteiger partial charge on any atom is -0.478 e. The van der Waals surface area contributed by atoms with Crippen LogP contribution in [0.5, 0.6) is 0 Å². The quantitative estimate of drug-likeness (QED) is 0.887. The van der Waals surface area contributed by atoms with Crippen molar-refractivity contribution in [2.75, 3.05) is 5.32 Å². The first kappa shape index (κ1) is 13.0. The number of benzene rings is 2. The van der Waals surface area contributed by atoms with Gasteiger partial charge in [0.1, 0.15) is 0 Å². The van der Waals surface area contributed by atoms with Crippen LogP contribution in [-0.4, -0.2) is 11.1 Å². The van der Waals surface area contributed by atoms with Gasteiger partial charge in [-0.1, -0.05) is 17.7 Å². The van der Waals surface area contributed by atoms with E-state index in [4.69, 9.17) is 5.11 Å². The van der Waals surface area contributed by atoms with Gasteiger partial charge in [-0.2, -0.15) is 0 Å². The lowest BCUT2D eigenvalue weighted by Crippen LogP contribution is -2.04. The van der Waals surface area contributed by atoms with Crippen LogP contribution in [0.1, 0.15) is 15.9 Å². The molecule has 2 aromatic carbocycles. The van der Waals surface area contributed by atoms with Crippen molar-refractivity contribution in [3.8, 4) is 0 Å². The smallest absolute Gasteiger partial charge is 0.337 e. The highest BCUT2D eigenvalue weighted by Gasteiger charge is 2.13. The van der Waals surface area contributed by atoms with Gasteiger partial charge in [0.15, 0.2) is 11.6 Å². The first-order valence-corrected chi connectivity index (χ1v) is 5.54. The van der Waals surface area contributed by atoms with Crippen molar-refractivity contribution in [3.05, 3.63) is 59.2 Å². The fourth-order valence-electron chi connectivity index (χ4n) is 1.69. The minimum atomic E-state index is -1.14. The molecule has 0 aliphatic carbocycles. The number of aromatic carboxylic acids is 1. The third-order valence-corrected chi connectivity index (χ3v) is 2.63. The molecule has 0 fully saturated rings. The van der Waals surface area contributed by atoms with E-state index in [2.05, 4.69) is 5.32 Å². The molecule has 0 aliphatic heterocycles. The van der Waals surface area contributed by atoms with Gasteiger partial charge in [-0.3, -0.25) is 0 Å². The Hall–Kier alpha value is -2.43. The van der Waals surface area contributed by atoms with Gasteiger partial charge in [-0.05, 0) is 31.2 Å². The SMILES string of the molecule is Cc1ccc(Nc2cccc(F)c2F)c(C(=O)O)c1. The van der Waals surface area contributed by atoms with Gasteiger partial charge in [-0.15, -0.1) is 0 Å². The van der Waals surface area contributed by atoms with Crippen molar-refractivity contribution in [2.24, 2.45) is 0 Å². The van der Waals surface area contributed by atoms with Crippen LogP contribution in [0.2, 0.25) is 0 Å². The normalized spacial score (nSPS) is 10.3. The number of carboxylic acids is 1. The van der Waals surface area contributed by atoms with E-state index in [-0.39, 0.29) is 16.9 Å². The summed E-state index contributed by atoms with van der Waals surface area (Å²) in [6.07, 6.45) is 0. The molecule has 0 unspecified atom stereocenters. The lowest BCUT2D eigenvalue weighted by molar-refractivity contribution is 0.0698. The van der Waals surface area contributed by atoms with Crippen molar-refractivity contribution in [3.63, 3.8) is 0 Å². The molecule has 0 aliphatic rings. The van der Waals surface area contributed by atoms with Crippen LogP contribution in [0.25, 0.3) is 0 Å². The first-order chi connectivity index (χ1) is 8.99. The zero-order chi connectivity index (χ0) is 14.0. The fourth-order valence-corrected chi connectivity index (χ4v) is 1.69. The second kappa shape index (κ2) is 5.06. The monoisotopic (exact) mass is 263 g/mol. The van der Waals surface area contributed by atoms with E-state index >= 15 is 0 Å². The summed E-state index contributed by atoms with van der Waals surface area (Å²) in [7, 11) is 0. The molecule has 0 saturated carbocycles. The van der Waals surface area contributed by atoms with E-state index in [0.29, 0.717) is 0 Å². The number of rotatable bonds is 3. The van der Waals surface area contributed by atoms with Crippen LogP contribution in [0, 0.1) is 18.6 Å². The van der Waals surface area contributed by atoms with Crippen molar-refractivity contribution >= 4 is 17.3 Å². The van der Waals surface area contributed by atoms with Gasteiger partial charge in [0.2, 0.25) is 0 Å². The number of carbonyl (C=O) groups is 1. The van der Waals surface area contributed by atoms with Crippen LogP contribution >= 0.6 is 0 Å². The molecule has 2 N–H and O–H groups in total. The minimum absolute atomic E-state index is 0.00339. The summed E-state index contributed by atoms with van der Waals surface area (Å²) in [6.45, 7) is 1.75. The lowest BCUT2D eigenvalue weighted by atomic mass is 10.1. The molecule has 0 atom stereocenters. The summed E-state index contributed by atoms with van der Waals surface area (Å²) in [5.41, 5.74) is 0.875. The zero-order valence-electron chi connectivity index (χ0n) is 10.1. The molecule has 19 heavy (non-hydrogen) atoms. The Morgan fingerprint density at radius 2 is 1.89 bits per heavy atom. The Labute approximate surface area is 108 Å². The van der Waals surface area contributed by atoms with E-state index in [1.54, 1.807) is 13.0 Å². The number of carboxylic acid groups (broad SMARTS) is 1. The highest BCUT2D eigenvalue weighted by molar-refractivity contribution is 5.95. The molecule has 3 nitrogen and oxygen atoms in total. The average Bonchev–Trinajstić information content (AvgIpc) is 2.36. The van der Waals surface area contributed by atoms with Crippen molar-refractivity contribution in [1.29, 1.82) is 0 Å². The van der Waals surface area contributed by atoms with Crippen LogP contribution in [0.3, 0.4) is 0 Å². The summed E-state index contributed by atoms with van der Waals surface area (Å²) in [5, 5.41) is 11.7. The highest BCUT2D eigenvalue weighted by Crippen LogP contribution is 2.25. The molecule has 0 amide bonds. The van der Waals surface area contributed by atoms with E-state index in [1.165, 1.54) is 24.3 Å². The fraction of sp³-hybridized carbons (Fsp3) is 0.0714. The molecule has 0 heterocycles. The number of anilines is 2. The molecule has 0 spiro atoms. The summed E-state index contributed by atoms with van der Waals surface area (Å²) in [4.78, 5) is 11.1. The molecular weight excluding hydrogens is 252 g/mol. The Balaban J connectivity index is 2.44. The maximum Gasteiger partial charge on any atom is 0.337 e. The lowest BCUT2D eigenvalue weighted by Gasteiger charge is -2.11. The Kier molecular flexibility index (Phi) is 3.46. The Morgan fingerprint density at radius 3 is 2.58 bits per heavy atom. The van der Waals surface area contributed by atoms with Crippen LogP contribution in [0.4, 0.5) is 20.2 Å². The summed E-state index contributed by atoms with van der Waals surface area (Å²) >= 11 is 0. The molecule has 0 aromatic heterocycles. The Morgan fingerprint density at radius 1 is 1.16 bits per heavy atom. The van der Waals surface area contributed by atoms with Crippen molar-refractivity contribution in [2.45, 2.75) is 6.92 Å². The number of aryl methyl sites for hydroxylation is 1. The number of halogens is 2. The summed E-state index contributed by atoms with van der Waals surface area (Å²) in [6, 6.07) is 8.34. The number of hydrogen-bond donors (Lipinski definition) is 2. The maximum absolute atomic E-state index is 13.5. The second-order valence-corrected chi connectivity index (χ2v) is 4.08. The predicted molar refractivity (Wildman–Crippen MR) is 67.8 cm³/mol. The molecule has 2 rings (SSSR count). The van der Waals surface area contributed by atoms with E-state index < -0.39 is 17.6 Å². The molecule has 5 heteroatoms. The highest BCUT2D eigenvalue weighted by atomic mass is 19.2. The third-order valence-electron chi connectivity index (χ3n) is 2.63. The molecule has 0 saturated heterocycles. The molecule has 0 bridgehead atoms. The van der Waals surface area contributed by atoms with E-state index in [9.17, 15) is 13.6 Å². The third kappa shape index (κ3) is 2.70. The van der Waals surface area contributed by atoms with E-state index in [0.717, 1.165) is 11.6 Å². The molecular formula is C14H11F2NO2. The molecule has 98 valence electrons. The van der Waals surface area contributed by atoms with Crippen LogP contribution in [-0.2, 0) is 0 Å². The molecule has 2 aromatic rings. The topological polar surface area (TPSA) is 49.3 Å². The zero-order valence-corrected chi connectivity index (χ0v) is 10.1. The van der Waals surface area contributed by atoms with E-state index in [1.807, 2.05) is 0 Å². The van der Waals surface area contributed by atoms with Crippen LogP contribution < -0.4 is 5.32 Å². The predicted octanol–water partition coefficient (Wildman–Crippen LogP) is 3.72. The van der Waals surface area contributed by atoms with Gasteiger partial charge in [-0.25, -0.2) is 13.6 Å². The van der Waals surface area contributed by atoms with Gasteiger partial charge in [0.25, 0.3) is 0 Å². The van der Waals surface area contributed by atoms with Gasteiger partial charge < -0.3 is 10.4 Å². The standard InChI is InChI=1S/C14H11F2NO2/c1-8-5-6-11(9(7-8)14(18)19)17-12-4-2-3-10(15)13(12)16/h2-7,17H,1H3,(H,18,19). The van der Waals surface area contributed by atoms with Crippen LogP contribution in [0.15, 0.2) is 36.4 Å². The summed E-state index contributed by atoms with van der Waals surface area (Å²) < 4.78 is 26.6. The van der Waals surface area contributed by atoms with Gasteiger partial charge in [0, 0.05) is 0 Å². The second-order valence-electron chi connectivity index (χ2n) is 4.08. The summed E-state index contributed by atoms with van der Waals surface area (Å²) in [5.74, 6) is -3.17. The maximum atomic E-state index is 13.5. The first-order valence-electron chi connectivity index (χ1n) is 5.54. The number of hydrogen-bond acceptors (Lipinski definition) is 2. The van der Waals surface area contributed by atoms with Crippen molar-refractivity contribution < 1.29 is 18.7 Å². The Bertz CT molecular complexity index is 641. The number of nitrogens with one attached hydrogen (secondary N) is 1. The average molecular weight is 263 g/mol. The van der Waals surface area contributed by atoms with Crippen molar-refractivity contribution in [1.82, 2.24) is 0 Å². The largest absolute Gasteiger partial charge is 0.478 e. The van der Waals surface area contributed by atoms with Gasteiger partial charge >= 0.3 is 5.97 Å². The van der Waals surface area contributed by atoms with Gasteiger partial charge in [0.05, 0.1) is 16.9 Å². The molecule has 0 radical (unpaired) electrons.